The van der Waals surface area contributed by atoms with Crippen molar-refractivity contribution in [2.24, 2.45) is 0 Å². The lowest BCUT2D eigenvalue weighted by molar-refractivity contribution is 0.445. The quantitative estimate of drug-likeness (QED) is 0.675. The van der Waals surface area contributed by atoms with Gasteiger partial charge in [-0.1, -0.05) is 19.1 Å². The smallest absolute Gasteiger partial charge is 0.214 e. The second-order valence-corrected chi connectivity index (χ2v) is 5.45. The minimum absolute atomic E-state index is 0.550. The normalized spacial score (nSPS) is 11.4. The summed E-state index contributed by atoms with van der Waals surface area (Å²) in [4.78, 5) is 9.05. The Labute approximate surface area is 128 Å². The molecule has 0 aliphatic rings. The van der Waals surface area contributed by atoms with Gasteiger partial charge in [-0.25, -0.2) is 9.97 Å². The van der Waals surface area contributed by atoms with Crippen LogP contribution in [0.1, 0.15) is 30.0 Å². The van der Waals surface area contributed by atoms with Gasteiger partial charge in [-0.2, -0.15) is 0 Å². The molecule has 2 heterocycles. The van der Waals surface area contributed by atoms with Crippen LogP contribution in [0.15, 0.2) is 28.8 Å². The number of aryl methyl sites for hydroxylation is 3. The highest BCUT2D eigenvalue weighted by molar-refractivity contribution is 6.17. The molecule has 0 spiro atoms. The van der Waals surface area contributed by atoms with Gasteiger partial charge in [0.05, 0.1) is 17.2 Å². The third-order valence-electron chi connectivity index (χ3n) is 3.61. The summed E-state index contributed by atoms with van der Waals surface area (Å²) in [6.07, 6.45) is 3.38. The number of aromatic nitrogens is 3. The average Bonchev–Trinajstić information content (AvgIpc) is 3.06. The fraction of sp³-hybridized carbons (Fsp3) is 0.375. The predicted molar refractivity (Wildman–Crippen MR) is 83.9 cm³/mol. The molecule has 3 rings (SSSR count). The Balaban J connectivity index is 2.07. The van der Waals surface area contributed by atoms with Gasteiger partial charge in [0, 0.05) is 18.7 Å². The predicted octanol–water partition coefficient (Wildman–Crippen LogP) is 3.72. The van der Waals surface area contributed by atoms with Gasteiger partial charge in [0.2, 0.25) is 5.89 Å². The highest BCUT2D eigenvalue weighted by atomic mass is 35.5. The zero-order valence-electron chi connectivity index (χ0n) is 12.3. The van der Waals surface area contributed by atoms with Crippen LogP contribution >= 0.6 is 11.6 Å². The van der Waals surface area contributed by atoms with Crippen LogP contribution in [0.3, 0.4) is 0 Å². The summed E-state index contributed by atoms with van der Waals surface area (Å²) in [6, 6.07) is 6.15. The lowest BCUT2D eigenvalue weighted by atomic mass is 10.2. The highest BCUT2D eigenvalue weighted by Crippen LogP contribution is 2.22. The molecule has 4 nitrogen and oxygen atoms in total. The fourth-order valence-electron chi connectivity index (χ4n) is 2.58. The maximum Gasteiger partial charge on any atom is 0.214 e. The zero-order chi connectivity index (χ0) is 14.8. The maximum atomic E-state index is 5.91. The maximum absolute atomic E-state index is 5.91. The Kier molecular flexibility index (Phi) is 3.97. The van der Waals surface area contributed by atoms with Crippen LogP contribution in [0.5, 0.6) is 0 Å². The second kappa shape index (κ2) is 5.90. The summed E-state index contributed by atoms with van der Waals surface area (Å²) >= 11 is 5.91. The molecule has 2 aromatic heterocycles. The number of rotatable bonds is 5. The molecule has 1 aromatic carbocycles. The van der Waals surface area contributed by atoms with Crippen molar-refractivity contribution >= 4 is 22.6 Å². The number of oxazole rings is 1. The Hall–Kier alpha value is -1.81. The zero-order valence-corrected chi connectivity index (χ0v) is 13.0. The summed E-state index contributed by atoms with van der Waals surface area (Å²) in [5.74, 6) is 3.15. The van der Waals surface area contributed by atoms with Crippen LogP contribution in [-0.4, -0.2) is 20.4 Å². The first kappa shape index (κ1) is 14.1. The van der Waals surface area contributed by atoms with E-state index in [-0.39, 0.29) is 0 Å². The molecule has 0 amide bonds. The molecule has 0 radical (unpaired) electrons. The van der Waals surface area contributed by atoms with Crippen molar-refractivity contribution in [3.8, 4) is 0 Å². The molecule has 0 saturated carbocycles. The number of benzene rings is 1. The van der Waals surface area contributed by atoms with Crippen LogP contribution in [0, 0.1) is 6.92 Å². The lowest BCUT2D eigenvalue weighted by Gasteiger charge is -2.07. The highest BCUT2D eigenvalue weighted by Gasteiger charge is 2.14. The summed E-state index contributed by atoms with van der Waals surface area (Å²) in [5, 5.41) is 0. The summed E-state index contributed by atoms with van der Waals surface area (Å²) < 4.78 is 7.90. The standard InChI is InChI=1S/C16H18ClN3O/c1-3-12-9-18-15(21-12)10-20-14(7-8-17)19-13-6-4-5-11(2)16(13)20/h4-6,9H,3,7-8,10H2,1-2H3. The van der Waals surface area contributed by atoms with Gasteiger partial charge in [0.15, 0.2) is 0 Å². The monoisotopic (exact) mass is 303 g/mol. The van der Waals surface area contributed by atoms with E-state index in [4.69, 9.17) is 21.0 Å². The van der Waals surface area contributed by atoms with Crippen molar-refractivity contribution < 1.29 is 4.42 Å². The van der Waals surface area contributed by atoms with Gasteiger partial charge in [-0.3, -0.25) is 0 Å². The van der Waals surface area contributed by atoms with Crippen molar-refractivity contribution in [3.63, 3.8) is 0 Å². The number of para-hydroxylation sites is 1. The van der Waals surface area contributed by atoms with Crippen LogP contribution in [0.2, 0.25) is 0 Å². The van der Waals surface area contributed by atoms with Gasteiger partial charge < -0.3 is 8.98 Å². The summed E-state index contributed by atoms with van der Waals surface area (Å²) in [5.41, 5.74) is 3.33. The Morgan fingerprint density at radius 1 is 1.33 bits per heavy atom. The Morgan fingerprint density at radius 2 is 2.19 bits per heavy atom. The molecule has 110 valence electrons. The number of hydrogen-bond acceptors (Lipinski definition) is 3. The van der Waals surface area contributed by atoms with E-state index in [2.05, 4.69) is 29.5 Å². The minimum Gasteiger partial charge on any atom is -0.444 e. The third-order valence-corrected chi connectivity index (χ3v) is 3.80. The lowest BCUT2D eigenvalue weighted by Crippen LogP contribution is -2.06. The van der Waals surface area contributed by atoms with Crippen molar-refractivity contribution in [1.29, 1.82) is 0 Å². The van der Waals surface area contributed by atoms with E-state index in [1.54, 1.807) is 6.20 Å². The van der Waals surface area contributed by atoms with Gasteiger partial charge in [-0.15, -0.1) is 11.6 Å². The molecular weight excluding hydrogens is 286 g/mol. The van der Waals surface area contributed by atoms with Crippen molar-refractivity contribution in [1.82, 2.24) is 14.5 Å². The molecule has 0 aliphatic carbocycles. The van der Waals surface area contributed by atoms with Crippen molar-refractivity contribution in [2.45, 2.75) is 33.2 Å². The van der Waals surface area contributed by atoms with E-state index in [1.165, 1.54) is 5.56 Å². The second-order valence-electron chi connectivity index (χ2n) is 5.07. The van der Waals surface area contributed by atoms with Gasteiger partial charge in [-0.05, 0) is 18.6 Å². The SMILES string of the molecule is CCc1cnc(Cn2c(CCCl)nc3cccc(C)c32)o1. The average molecular weight is 304 g/mol. The van der Waals surface area contributed by atoms with E-state index in [0.29, 0.717) is 18.3 Å². The molecule has 0 aliphatic heterocycles. The Morgan fingerprint density at radius 3 is 2.90 bits per heavy atom. The van der Waals surface area contributed by atoms with E-state index in [1.807, 2.05) is 12.1 Å². The summed E-state index contributed by atoms with van der Waals surface area (Å²) in [6.45, 7) is 4.74. The topological polar surface area (TPSA) is 43.9 Å². The van der Waals surface area contributed by atoms with Gasteiger partial charge in [0.25, 0.3) is 0 Å². The van der Waals surface area contributed by atoms with E-state index < -0.39 is 0 Å². The minimum atomic E-state index is 0.550. The van der Waals surface area contributed by atoms with Crippen LogP contribution in [0.25, 0.3) is 11.0 Å². The molecule has 0 atom stereocenters. The van der Waals surface area contributed by atoms with Crippen molar-refractivity contribution in [2.75, 3.05) is 5.88 Å². The molecular formula is C16H18ClN3O. The van der Waals surface area contributed by atoms with Gasteiger partial charge >= 0.3 is 0 Å². The molecule has 3 aromatic rings. The molecule has 0 bridgehead atoms. The molecule has 21 heavy (non-hydrogen) atoms. The Bertz CT molecular complexity index is 760. The largest absolute Gasteiger partial charge is 0.444 e. The van der Waals surface area contributed by atoms with E-state index in [0.717, 1.165) is 35.5 Å². The van der Waals surface area contributed by atoms with Crippen LogP contribution < -0.4 is 0 Å². The first-order chi connectivity index (χ1) is 10.2. The number of hydrogen-bond donors (Lipinski definition) is 0. The number of alkyl halides is 1. The molecule has 0 unspecified atom stereocenters. The molecule has 0 saturated heterocycles. The van der Waals surface area contributed by atoms with Crippen LogP contribution in [0.4, 0.5) is 0 Å². The summed E-state index contributed by atoms with van der Waals surface area (Å²) in [7, 11) is 0. The third kappa shape index (κ3) is 2.68. The molecule has 0 fully saturated rings. The first-order valence-electron chi connectivity index (χ1n) is 7.17. The number of fused-ring (bicyclic) bond motifs is 1. The van der Waals surface area contributed by atoms with E-state index >= 15 is 0 Å². The number of nitrogens with zero attached hydrogens (tertiary/aromatic N) is 3. The van der Waals surface area contributed by atoms with Crippen molar-refractivity contribution in [3.05, 3.63) is 47.4 Å². The number of imidazole rings is 1. The van der Waals surface area contributed by atoms with E-state index in [9.17, 15) is 0 Å². The van der Waals surface area contributed by atoms with Gasteiger partial charge in [0.1, 0.15) is 18.1 Å². The number of halogens is 1. The first-order valence-corrected chi connectivity index (χ1v) is 7.70. The van der Waals surface area contributed by atoms with Crippen LogP contribution in [-0.2, 0) is 19.4 Å². The fourth-order valence-corrected chi connectivity index (χ4v) is 2.75. The molecule has 5 heteroatoms. The molecule has 0 N–H and O–H groups in total.